The molecule has 0 fully saturated rings. The van der Waals surface area contributed by atoms with Gasteiger partial charge in [-0.3, -0.25) is 0 Å². The number of aromatic nitrogens is 2. The molecular weight excluding hydrogens is 192 g/mol. The fourth-order valence-corrected chi connectivity index (χ4v) is 1.55. The molecule has 0 aliphatic carbocycles. The third-order valence-electron chi connectivity index (χ3n) is 2.25. The van der Waals surface area contributed by atoms with Gasteiger partial charge in [0.25, 0.3) is 0 Å². The second kappa shape index (κ2) is 3.73. The fourth-order valence-electron chi connectivity index (χ4n) is 1.55. The molecule has 0 aliphatic heterocycles. The Bertz CT molecular complexity index is 502. The maximum Gasteiger partial charge on any atom is 0.337 e. The summed E-state index contributed by atoms with van der Waals surface area (Å²) < 4.78 is 1.76. The van der Waals surface area contributed by atoms with Crippen LogP contribution in [-0.4, -0.2) is 20.5 Å². The minimum absolute atomic E-state index is 0.281. The summed E-state index contributed by atoms with van der Waals surface area (Å²) in [6.07, 6.45) is 5.43. The molecular formula is C11H12N2O2. The smallest absolute Gasteiger partial charge is 0.337 e. The van der Waals surface area contributed by atoms with Crippen molar-refractivity contribution in [2.45, 2.75) is 19.8 Å². The van der Waals surface area contributed by atoms with Gasteiger partial charge in [-0.1, -0.05) is 13.3 Å². The number of aryl methyl sites for hydroxylation is 1. The average molecular weight is 204 g/mol. The number of hydrogen-bond acceptors (Lipinski definition) is 2. The second-order valence-corrected chi connectivity index (χ2v) is 3.47. The molecule has 2 heterocycles. The van der Waals surface area contributed by atoms with E-state index in [0.29, 0.717) is 0 Å². The zero-order valence-corrected chi connectivity index (χ0v) is 8.47. The molecule has 0 bridgehead atoms. The molecule has 4 nitrogen and oxygen atoms in total. The zero-order valence-electron chi connectivity index (χ0n) is 8.47. The maximum absolute atomic E-state index is 10.7. The van der Waals surface area contributed by atoms with Gasteiger partial charge in [-0.25, -0.2) is 9.78 Å². The number of carbonyl (C=O) groups is 1. The summed E-state index contributed by atoms with van der Waals surface area (Å²) in [5, 5.41) is 8.82. The predicted octanol–water partition coefficient (Wildman–Crippen LogP) is 1.98. The Morgan fingerprint density at radius 3 is 2.93 bits per heavy atom. The largest absolute Gasteiger partial charge is 0.478 e. The van der Waals surface area contributed by atoms with Crippen LogP contribution in [0.5, 0.6) is 0 Å². The number of aromatic carboxylic acids is 1. The van der Waals surface area contributed by atoms with E-state index in [1.165, 1.54) is 0 Å². The third kappa shape index (κ3) is 1.83. The molecule has 2 aromatic heterocycles. The van der Waals surface area contributed by atoms with Gasteiger partial charge in [0.05, 0.1) is 11.3 Å². The maximum atomic E-state index is 10.7. The van der Waals surface area contributed by atoms with Gasteiger partial charge < -0.3 is 9.51 Å². The van der Waals surface area contributed by atoms with Gasteiger partial charge in [-0.15, -0.1) is 0 Å². The van der Waals surface area contributed by atoms with Crippen molar-refractivity contribution in [1.29, 1.82) is 0 Å². The van der Waals surface area contributed by atoms with Gasteiger partial charge in [0.1, 0.15) is 5.65 Å². The van der Waals surface area contributed by atoms with Crippen molar-refractivity contribution in [2.24, 2.45) is 0 Å². The van der Waals surface area contributed by atoms with Crippen LogP contribution >= 0.6 is 0 Å². The van der Waals surface area contributed by atoms with E-state index in [9.17, 15) is 4.79 Å². The molecule has 0 saturated heterocycles. The summed E-state index contributed by atoms with van der Waals surface area (Å²) in [6, 6.07) is 3.29. The standard InChI is InChI=1S/C11H12N2O2/c1-2-3-9-7-13-6-8(11(14)15)4-5-10(13)12-9/h4-7H,2-3H2,1H3,(H,14,15). The SMILES string of the molecule is CCCc1cn2cc(C(=O)O)ccc2n1. The first-order valence-electron chi connectivity index (χ1n) is 4.91. The summed E-state index contributed by atoms with van der Waals surface area (Å²) in [5.74, 6) is -0.914. The molecule has 78 valence electrons. The number of hydrogen-bond donors (Lipinski definition) is 1. The Labute approximate surface area is 87.2 Å². The topological polar surface area (TPSA) is 54.6 Å². The van der Waals surface area contributed by atoms with E-state index < -0.39 is 5.97 Å². The van der Waals surface area contributed by atoms with E-state index in [1.54, 1.807) is 22.7 Å². The van der Waals surface area contributed by atoms with E-state index in [1.807, 2.05) is 6.20 Å². The van der Waals surface area contributed by atoms with Gasteiger partial charge in [0, 0.05) is 12.4 Å². The van der Waals surface area contributed by atoms with Crippen molar-refractivity contribution < 1.29 is 9.90 Å². The quantitative estimate of drug-likeness (QED) is 0.831. The van der Waals surface area contributed by atoms with Crippen LogP contribution in [0.1, 0.15) is 29.4 Å². The molecule has 0 unspecified atom stereocenters. The Hall–Kier alpha value is -1.84. The number of rotatable bonds is 3. The first-order chi connectivity index (χ1) is 7.20. The first-order valence-corrected chi connectivity index (χ1v) is 4.91. The van der Waals surface area contributed by atoms with Crippen LogP contribution in [0.3, 0.4) is 0 Å². The van der Waals surface area contributed by atoms with Gasteiger partial charge in [0.2, 0.25) is 0 Å². The van der Waals surface area contributed by atoms with Crippen molar-refractivity contribution >= 4 is 11.6 Å². The van der Waals surface area contributed by atoms with Crippen LogP contribution in [-0.2, 0) is 6.42 Å². The molecule has 2 aromatic rings. The number of fused-ring (bicyclic) bond motifs is 1. The highest BCUT2D eigenvalue weighted by molar-refractivity contribution is 5.87. The fraction of sp³-hybridized carbons (Fsp3) is 0.273. The van der Waals surface area contributed by atoms with Gasteiger partial charge in [0.15, 0.2) is 0 Å². The average Bonchev–Trinajstić information content (AvgIpc) is 2.59. The van der Waals surface area contributed by atoms with Crippen LogP contribution in [0.2, 0.25) is 0 Å². The summed E-state index contributed by atoms with van der Waals surface area (Å²) in [7, 11) is 0. The number of pyridine rings is 1. The lowest BCUT2D eigenvalue weighted by Crippen LogP contribution is -1.97. The van der Waals surface area contributed by atoms with E-state index in [-0.39, 0.29) is 5.56 Å². The van der Waals surface area contributed by atoms with E-state index in [4.69, 9.17) is 5.11 Å². The highest BCUT2D eigenvalue weighted by atomic mass is 16.4. The molecule has 0 saturated carbocycles. The second-order valence-electron chi connectivity index (χ2n) is 3.47. The van der Waals surface area contributed by atoms with Crippen LogP contribution in [0, 0.1) is 0 Å². The van der Waals surface area contributed by atoms with Crippen LogP contribution < -0.4 is 0 Å². The Morgan fingerprint density at radius 2 is 2.27 bits per heavy atom. The summed E-state index contributed by atoms with van der Waals surface area (Å²) in [5.41, 5.74) is 2.08. The number of nitrogens with zero attached hydrogens (tertiary/aromatic N) is 2. The first kappa shape index (κ1) is 9.71. The minimum Gasteiger partial charge on any atom is -0.478 e. The van der Waals surface area contributed by atoms with E-state index in [0.717, 1.165) is 24.2 Å². The van der Waals surface area contributed by atoms with E-state index >= 15 is 0 Å². The van der Waals surface area contributed by atoms with Crippen molar-refractivity contribution in [3.63, 3.8) is 0 Å². The predicted molar refractivity (Wildman–Crippen MR) is 56.1 cm³/mol. The lowest BCUT2D eigenvalue weighted by Gasteiger charge is -1.95. The molecule has 0 spiro atoms. The normalized spacial score (nSPS) is 10.7. The highest BCUT2D eigenvalue weighted by Gasteiger charge is 2.05. The lowest BCUT2D eigenvalue weighted by molar-refractivity contribution is 0.0696. The lowest BCUT2D eigenvalue weighted by atomic mass is 10.3. The van der Waals surface area contributed by atoms with Crippen molar-refractivity contribution in [3.05, 3.63) is 35.8 Å². The molecule has 0 aliphatic rings. The Kier molecular flexibility index (Phi) is 2.41. The molecule has 0 amide bonds. The van der Waals surface area contributed by atoms with Crippen molar-refractivity contribution in [3.8, 4) is 0 Å². The zero-order chi connectivity index (χ0) is 10.8. The molecule has 15 heavy (non-hydrogen) atoms. The van der Waals surface area contributed by atoms with Crippen LogP contribution in [0.4, 0.5) is 0 Å². The van der Waals surface area contributed by atoms with Gasteiger partial charge in [-0.05, 0) is 18.6 Å². The summed E-state index contributed by atoms with van der Waals surface area (Å²) >= 11 is 0. The molecule has 0 radical (unpaired) electrons. The molecule has 0 atom stereocenters. The molecule has 4 heteroatoms. The number of imidazole rings is 1. The summed E-state index contributed by atoms with van der Waals surface area (Å²) in [4.78, 5) is 15.1. The van der Waals surface area contributed by atoms with E-state index in [2.05, 4.69) is 11.9 Å². The Balaban J connectivity index is 2.47. The third-order valence-corrected chi connectivity index (χ3v) is 2.25. The van der Waals surface area contributed by atoms with Crippen molar-refractivity contribution in [2.75, 3.05) is 0 Å². The molecule has 1 N–H and O–H groups in total. The molecule has 0 aromatic carbocycles. The Morgan fingerprint density at radius 1 is 1.47 bits per heavy atom. The van der Waals surface area contributed by atoms with Crippen molar-refractivity contribution in [1.82, 2.24) is 9.38 Å². The monoisotopic (exact) mass is 204 g/mol. The minimum atomic E-state index is -0.914. The molecule has 2 rings (SSSR count). The van der Waals surface area contributed by atoms with Crippen LogP contribution in [0.25, 0.3) is 5.65 Å². The van der Waals surface area contributed by atoms with Gasteiger partial charge in [-0.2, -0.15) is 0 Å². The number of carboxylic acid groups (broad SMARTS) is 1. The van der Waals surface area contributed by atoms with Gasteiger partial charge >= 0.3 is 5.97 Å². The number of carboxylic acids is 1. The highest BCUT2D eigenvalue weighted by Crippen LogP contribution is 2.09. The summed E-state index contributed by atoms with van der Waals surface area (Å²) in [6.45, 7) is 2.09. The van der Waals surface area contributed by atoms with Crippen LogP contribution in [0.15, 0.2) is 24.5 Å².